The van der Waals surface area contributed by atoms with E-state index in [0.29, 0.717) is 0 Å². The molecule has 0 atom stereocenters. The zero-order valence-corrected chi connectivity index (χ0v) is 9.82. The maximum absolute atomic E-state index is 5.83. The molecule has 2 aromatic carbocycles. The lowest BCUT2D eigenvalue weighted by Gasteiger charge is -2.02. The topological polar surface area (TPSA) is 0 Å². The largest absolute Gasteiger partial charge is 0.0843 e. The van der Waals surface area contributed by atoms with Gasteiger partial charge in [0.2, 0.25) is 0 Å². The first-order valence-corrected chi connectivity index (χ1v) is 5.85. The minimum atomic E-state index is 0.792. The number of benzene rings is 2. The lowest BCUT2D eigenvalue weighted by Crippen LogP contribution is -1.87. The van der Waals surface area contributed by atoms with Gasteiger partial charge >= 0.3 is 0 Å². The summed E-state index contributed by atoms with van der Waals surface area (Å²) in [6.07, 6.45) is 4.39. The lowest BCUT2D eigenvalue weighted by atomic mass is 10.0. The quantitative estimate of drug-likeness (QED) is 0.723. The maximum atomic E-state index is 5.83. The standard InChI is InChI=1S/C15H14Cl/c16-15-11-9-14(10-12-15)8-4-7-13-5-2-1-3-6-13/h1-3,5-6,8-12H,4,7H2. The van der Waals surface area contributed by atoms with E-state index in [0.717, 1.165) is 17.9 Å². The molecule has 0 unspecified atom stereocenters. The molecule has 0 saturated heterocycles. The first-order chi connectivity index (χ1) is 7.84. The third-order valence-corrected chi connectivity index (χ3v) is 2.78. The highest BCUT2D eigenvalue weighted by Gasteiger charge is 1.95. The second kappa shape index (κ2) is 5.72. The van der Waals surface area contributed by atoms with Crippen LogP contribution in [-0.2, 0) is 6.42 Å². The van der Waals surface area contributed by atoms with Crippen molar-refractivity contribution in [3.63, 3.8) is 0 Å². The molecular formula is C15H14Cl. The molecule has 0 saturated carbocycles. The number of rotatable bonds is 4. The van der Waals surface area contributed by atoms with Gasteiger partial charge in [0.1, 0.15) is 0 Å². The molecule has 2 rings (SSSR count). The maximum Gasteiger partial charge on any atom is 0.0406 e. The second-order valence-corrected chi connectivity index (χ2v) is 4.22. The number of aryl methyl sites for hydroxylation is 1. The van der Waals surface area contributed by atoms with Crippen molar-refractivity contribution in [1.82, 2.24) is 0 Å². The van der Waals surface area contributed by atoms with E-state index in [2.05, 4.69) is 30.7 Å². The third kappa shape index (κ3) is 3.39. The summed E-state index contributed by atoms with van der Waals surface area (Å²) in [5.74, 6) is 0. The summed E-state index contributed by atoms with van der Waals surface area (Å²) in [6.45, 7) is 0. The molecule has 0 nitrogen and oxygen atoms in total. The van der Waals surface area contributed by atoms with Crippen LogP contribution in [-0.4, -0.2) is 0 Å². The fourth-order valence-electron chi connectivity index (χ4n) is 1.65. The molecule has 0 aliphatic rings. The van der Waals surface area contributed by atoms with Crippen LogP contribution in [0.15, 0.2) is 54.6 Å². The van der Waals surface area contributed by atoms with Crippen molar-refractivity contribution in [2.24, 2.45) is 0 Å². The van der Waals surface area contributed by atoms with E-state index in [1.54, 1.807) is 0 Å². The van der Waals surface area contributed by atoms with E-state index in [1.165, 1.54) is 11.1 Å². The van der Waals surface area contributed by atoms with E-state index >= 15 is 0 Å². The summed E-state index contributed by atoms with van der Waals surface area (Å²) < 4.78 is 0. The van der Waals surface area contributed by atoms with E-state index < -0.39 is 0 Å². The van der Waals surface area contributed by atoms with Crippen molar-refractivity contribution in [2.75, 3.05) is 0 Å². The van der Waals surface area contributed by atoms with Gasteiger partial charge in [-0.2, -0.15) is 0 Å². The van der Waals surface area contributed by atoms with Gasteiger partial charge in [-0.15, -0.1) is 0 Å². The highest BCUT2D eigenvalue weighted by atomic mass is 35.5. The van der Waals surface area contributed by atoms with Crippen molar-refractivity contribution in [2.45, 2.75) is 12.8 Å². The van der Waals surface area contributed by atoms with Crippen LogP contribution < -0.4 is 0 Å². The first-order valence-electron chi connectivity index (χ1n) is 5.47. The SMILES string of the molecule is Clc1ccc([CH]CCc2ccccc2)cc1. The minimum Gasteiger partial charge on any atom is -0.0843 e. The van der Waals surface area contributed by atoms with Gasteiger partial charge in [0.05, 0.1) is 0 Å². The molecule has 1 radical (unpaired) electrons. The van der Waals surface area contributed by atoms with Crippen LogP contribution in [0.2, 0.25) is 5.02 Å². The normalized spacial score (nSPS) is 10.3. The lowest BCUT2D eigenvalue weighted by molar-refractivity contribution is 0.951. The summed E-state index contributed by atoms with van der Waals surface area (Å²) in [5.41, 5.74) is 2.62. The molecule has 0 fully saturated rings. The molecular weight excluding hydrogens is 216 g/mol. The molecule has 0 amide bonds. The monoisotopic (exact) mass is 229 g/mol. The van der Waals surface area contributed by atoms with Gasteiger partial charge in [0, 0.05) is 5.02 Å². The predicted octanol–water partition coefficient (Wildman–Crippen LogP) is 4.53. The van der Waals surface area contributed by atoms with E-state index in [9.17, 15) is 0 Å². The van der Waals surface area contributed by atoms with Gasteiger partial charge < -0.3 is 0 Å². The Bertz CT molecular complexity index is 417. The van der Waals surface area contributed by atoms with Gasteiger partial charge in [-0.25, -0.2) is 0 Å². The Morgan fingerprint density at radius 2 is 1.56 bits per heavy atom. The third-order valence-electron chi connectivity index (χ3n) is 2.53. The summed E-state index contributed by atoms with van der Waals surface area (Å²) in [7, 11) is 0. The van der Waals surface area contributed by atoms with Crippen LogP contribution in [0.4, 0.5) is 0 Å². The average molecular weight is 230 g/mol. The van der Waals surface area contributed by atoms with Crippen LogP contribution in [0, 0.1) is 6.42 Å². The fraction of sp³-hybridized carbons (Fsp3) is 0.133. The van der Waals surface area contributed by atoms with E-state index in [-0.39, 0.29) is 0 Å². The van der Waals surface area contributed by atoms with Crippen LogP contribution in [0.5, 0.6) is 0 Å². The number of hydrogen-bond donors (Lipinski definition) is 0. The van der Waals surface area contributed by atoms with E-state index in [1.807, 2.05) is 30.3 Å². The van der Waals surface area contributed by atoms with Gasteiger partial charge in [-0.3, -0.25) is 0 Å². The van der Waals surface area contributed by atoms with Crippen LogP contribution >= 0.6 is 11.6 Å². The Labute approximate surface area is 102 Å². The van der Waals surface area contributed by atoms with Gasteiger partial charge in [-0.1, -0.05) is 54.1 Å². The zero-order valence-electron chi connectivity index (χ0n) is 9.07. The van der Waals surface area contributed by atoms with Crippen molar-refractivity contribution >= 4 is 11.6 Å². The smallest absolute Gasteiger partial charge is 0.0406 e. The molecule has 81 valence electrons. The summed E-state index contributed by atoms with van der Waals surface area (Å²) in [4.78, 5) is 0. The summed E-state index contributed by atoms with van der Waals surface area (Å²) >= 11 is 5.83. The fourth-order valence-corrected chi connectivity index (χ4v) is 1.78. The number of hydrogen-bond acceptors (Lipinski definition) is 0. The van der Waals surface area contributed by atoms with Crippen molar-refractivity contribution in [1.29, 1.82) is 0 Å². The number of halogens is 1. The summed E-state index contributed by atoms with van der Waals surface area (Å²) in [6, 6.07) is 18.5. The molecule has 0 spiro atoms. The second-order valence-electron chi connectivity index (χ2n) is 3.78. The van der Waals surface area contributed by atoms with Crippen molar-refractivity contribution in [3.8, 4) is 0 Å². The van der Waals surface area contributed by atoms with Gasteiger partial charge in [0.25, 0.3) is 0 Å². The van der Waals surface area contributed by atoms with Crippen LogP contribution in [0.1, 0.15) is 17.5 Å². The Morgan fingerprint density at radius 3 is 2.25 bits per heavy atom. The molecule has 0 heterocycles. The molecule has 0 aromatic heterocycles. The Hall–Kier alpha value is -1.27. The Balaban J connectivity index is 1.82. The predicted molar refractivity (Wildman–Crippen MR) is 69.6 cm³/mol. The highest BCUT2D eigenvalue weighted by Crippen LogP contribution is 2.13. The van der Waals surface area contributed by atoms with Crippen LogP contribution in [0.3, 0.4) is 0 Å². The van der Waals surface area contributed by atoms with Crippen molar-refractivity contribution in [3.05, 3.63) is 77.2 Å². The molecule has 2 aromatic rings. The molecule has 16 heavy (non-hydrogen) atoms. The molecule has 0 bridgehead atoms. The average Bonchev–Trinajstić information content (AvgIpc) is 2.33. The molecule has 1 heteroatoms. The highest BCUT2D eigenvalue weighted by molar-refractivity contribution is 6.30. The minimum absolute atomic E-state index is 0.792. The Morgan fingerprint density at radius 1 is 0.875 bits per heavy atom. The van der Waals surface area contributed by atoms with Crippen molar-refractivity contribution < 1.29 is 0 Å². The summed E-state index contributed by atoms with van der Waals surface area (Å²) in [5, 5.41) is 0.792. The molecule has 0 aliphatic heterocycles. The first kappa shape index (κ1) is 11.2. The van der Waals surface area contributed by atoms with E-state index in [4.69, 9.17) is 11.6 Å². The van der Waals surface area contributed by atoms with Crippen LogP contribution in [0.25, 0.3) is 0 Å². The molecule has 0 aliphatic carbocycles. The molecule has 0 N–H and O–H groups in total. The zero-order chi connectivity index (χ0) is 11.2. The Kier molecular flexibility index (Phi) is 4.01. The van der Waals surface area contributed by atoms with Gasteiger partial charge in [0.15, 0.2) is 0 Å². The van der Waals surface area contributed by atoms with Gasteiger partial charge in [-0.05, 0) is 42.5 Å².